The Kier molecular flexibility index (Phi) is 5.99. The molecule has 3 aromatic rings. The summed E-state index contributed by atoms with van der Waals surface area (Å²) in [5, 5.41) is 43.7. The van der Waals surface area contributed by atoms with E-state index in [1.165, 1.54) is 12.3 Å². The van der Waals surface area contributed by atoms with Crippen LogP contribution < -0.4 is 15.5 Å². The standard InChI is InChI=1S/C23H28N8O4/c1-11(2)13-8-17(30-29-13)26-21-19-15(32)9-16(33)20(19)27-23(28-21)31-7-3-4-14(31)22(35)25-12-5-6-18(34)24-10-12/h5-6,8,10-11,14-16,32-33H,3-4,7,9H2,1-2H3,(H,24,34)(H,25,35)(H2,26,27,28,29,30)/t14-,15?,16?/m1/s1. The number of hydrogen-bond acceptors (Lipinski definition) is 10. The van der Waals surface area contributed by atoms with Gasteiger partial charge in [0, 0.05) is 36.4 Å². The van der Waals surface area contributed by atoms with Crippen molar-refractivity contribution in [2.75, 3.05) is 22.1 Å². The summed E-state index contributed by atoms with van der Waals surface area (Å²) < 4.78 is 0. The minimum absolute atomic E-state index is 0.123. The van der Waals surface area contributed by atoms with Crippen molar-refractivity contribution >= 4 is 29.2 Å². The van der Waals surface area contributed by atoms with Crippen LogP contribution in [0, 0.1) is 0 Å². The van der Waals surface area contributed by atoms with Crippen molar-refractivity contribution < 1.29 is 20.1 Å². The zero-order valence-corrected chi connectivity index (χ0v) is 19.4. The number of nitrogens with zero attached hydrogens (tertiary/aromatic N) is 5. The molecule has 1 amide bonds. The number of carbonyl (C=O) groups is 1. The second kappa shape index (κ2) is 9.12. The highest BCUT2D eigenvalue weighted by atomic mass is 16.3. The van der Waals surface area contributed by atoms with Gasteiger partial charge in [-0.05, 0) is 24.8 Å². The number of aliphatic hydroxyl groups excluding tert-OH is 2. The average molecular weight is 481 g/mol. The normalized spacial score (nSPS) is 21.4. The molecule has 12 nitrogen and oxygen atoms in total. The Labute approximate surface area is 201 Å². The molecule has 1 saturated heterocycles. The second-order valence-corrected chi connectivity index (χ2v) is 9.17. The van der Waals surface area contributed by atoms with E-state index < -0.39 is 18.2 Å². The van der Waals surface area contributed by atoms with Crippen LogP contribution in [0.4, 0.5) is 23.3 Å². The first-order valence-corrected chi connectivity index (χ1v) is 11.6. The van der Waals surface area contributed by atoms with Gasteiger partial charge in [-0.3, -0.25) is 9.89 Å². The molecule has 4 heterocycles. The number of aliphatic hydroxyl groups is 2. The van der Waals surface area contributed by atoms with Crippen molar-refractivity contribution in [1.82, 2.24) is 25.1 Å². The molecule has 12 heteroatoms. The lowest BCUT2D eigenvalue weighted by atomic mass is 10.1. The van der Waals surface area contributed by atoms with Crippen LogP contribution in [0.25, 0.3) is 0 Å². The van der Waals surface area contributed by atoms with Crippen LogP contribution in [-0.2, 0) is 4.79 Å². The van der Waals surface area contributed by atoms with E-state index >= 15 is 0 Å². The van der Waals surface area contributed by atoms with Gasteiger partial charge >= 0.3 is 0 Å². The highest BCUT2D eigenvalue weighted by Crippen LogP contribution is 2.43. The van der Waals surface area contributed by atoms with Crippen molar-refractivity contribution in [3.63, 3.8) is 0 Å². The van der Waals surface area contributed by atoms with Crippen molar-refractivity contribution in [3.8, 4) is 5.88 Å². The number of hydrogen-bond donors (Lipinski definition) is 6. The van der Waals surface area contributed by atoms with E-state index in [4.69, 9.17) is 0 Å². The fraction of sp³-hybridized carbons (Fsp3) is 0.435. The van der Waals surface area contributed by atoms with Crippen molar-refractivity contribution in [2.24, 2.45) is 0 Å². The molecular formula is C23H28N8O4. The quantitative estimate of drug-likeness (QED) is 0.307. The molecule has 0 radical (unpaired) electrons. The predicted molar refractivity (Wildman–Crippen MR) is 127 cm³/mol. The molecule has 2 aliphatic rings. The molecule has 0 spiro atoms. The van der Waals surface area contributed by atoms with E-state index in [9.17, 15) is 20.1 Å². The highest BCUT2D eigenvalue weighted by Gasteiger charge is 2.38. The van der Waals surface area contributed by atoms with Gasteiger partial charge < -0.3 is 30.9 Å². The summed E-state index contributed by atoms with van der Waals surface area (Å²) in [7, 11) is 0. The van der Waals surface area contributed by atoms with Gasteiger partial charge in [0.2, 0.25) is 17.7 Å². The molecule has 1 fully saturated rings. The summed E-state index contributed by atoms with van der Waals surface area (Å²) in [5.41, 5.74) is 2.19. The minimum Gasteiger partial charge on any atom is -0.493 e. The fourth-order valence-electron chi connectivity index (χ4n) is 4.50. The van der Waals surface area contributed by atoms with E-state index in [0.717, 1.165) is 12.1 Å². The van der Waals surface area contributed by atoms with E-state index in [2.05, 4.69) is 35.8 Å². The molecule has 2 unspecified atom stereocenters. The zero-order valence-electron chi connectivity index (χ0n) is 19.4. The average Bonchev–Trinajstić information content (AvgIpc) is 3.55. The van der Waals surface area contributed by atoms with Crippen molar-refractivity contribution in [1.29, 1.82) is 0 Å². The van der Waals surface area contributed by atoms with Crippen LogP contribution in [0.2, 0.25) is 0 Å². The molecule has 1 aliphatic carbocycles. The van der Waals surface area contributed by atoms with Crippen LogP contribution >= 0.6 is 0 Å². The molecular weight excluding hydrogens is 452 g/mol. The number of fused-ring (bicyclic) bond motifs is 1. The van der Waals surface area contributed by atoms with Crippen molar-refractivity contribution in [2.45, 2.75) is 57.3 Å². The van der Waals surface area contributed by atoms with E-state index in [0.29, 0.717) is 47.5 Å². The Hall–Kier alpha value is -3.77. The number of anilines is 4. The predicted octanol–water partition coefficient (Wildman–Crippen LogP) is 2.25. The third kappa shape index (κ3) is 4.49. The molecule has 0 bridgehead atoms. The summed E-state index contributed by atoms with van der Waals surface area (Å²) in [6.07, 6.45) is 1.01. The van der Waals surface area contributed by atoms with Gasteiger partial charge in [-0.15, -0.1) is 0 Å². The van der Waals surface area contributed by atoms with E-state index in [1.54, 1.807) is 11.0 Å². The Morgan fingerprint density at radius 2 is 2.06 bits per heavy atom. The van der Waals surface area contributed by atoms with Gasteiger partial charge in [0.15, 0.2) is 5.82 Å². The summed E-state index contributed by atoms with van der Waals surface area (Å²) in [4.78, 5) is 27.9. The monoisotopic (exact) mass is 480 g/mol. The number of rotatable bonds is 6. The molecule has 184 valence electrons. The summed E-state index contributed by atoms with van der Waals surface area (Å²) >= 11 is 0. The third-order valence-electron chi connectivity index (χ3n) is 6.35. The van der Waals surface area contributed by atoms with Crippen LogP contribution in [0.1, 0.15) is 68.2 Å². The van der Waals surface area contributed by atoms with E-state index in [1.807, 2.05) is 19.9 Å². The van der Waals surface area contributed by atoms with Crippen LogP contribution in [0.5, 0.6) is 5.88 Å². The van der Waals surface area contributed by atoms with E-state index in [-0.39, 0.29) is 24.1 Å². The SMILES string of the molecule is CC(C)c1cc(Nc2nc(N3CCC[C@@H]3C(=O)Nc3ccc(O)nc3)nc3c2C(O)CC3O)n[nH]1. The number of aromatic hydroxyl groups is 1. The summed E-state index contributed by atoms with van der Waals surface area (Å²) in [6.45, 7) is 4.65. The van der Waals surface area contributed by atoms with Crippen LogP contribution in [0.15, 0.2) is 24.4 Å². The molecule has 35 heavy (non-hydrogen) atoms. The number of carbonyl (C=O) groups excluding carboxylic acids is 1. The number of nitrogens with one attached hydrogen (secondary N) is 3. The van der Waals surface area contributed by atoms with Crippen LogP contribution in [0.3, 0.4) is 0 Å². The third-order valence-corrected chi connectivity index (χ3v) is 6.35. The van der Waals surface area contributed by atoms with Crippen LogP contribution in [-0.4, -0.2) is 59.0 Å². The van der Waals surface area contributed by atoms with Gasteiger partial charge in [-0.1, -0.05) is 13.8 Å². The topological polar surface area (TPSA) is 172 Å². The Morgan fingerprint density at radius 3 is 2.77 bits per heavy atom. The number of H-pyrrole nitrogens is 1. The first-order chi connectivity index (χ1) is 16.8. The molecule has 1 aliphatic heterocycles. The zero-order chi connectivity index (χ0) is 24.7. The first-order valence-electron chi connectivity index (χ1n) is 11.6. The second-order valence-electron chi connectivity index (χ2n) is 9.17. The van der Waals surface area contributed by atoms with Gasteiger partial charge in [0.25, 0.3) is 0 Å². The largest absolute Gasteiger partial charge is 0.493 e. The maximum Gasteiger partial charge on any atom is 0.247 e. The smallest absolute Gasteiger partial charge is 0.247 e. The maximum absolute atomic E-state index is 13.1. The van der Waals surface area contributed by atoms with Gasteiger partial charge in [0.1, 0.15) is 11.9 Å². The number of pyridine rings is 1. The Balaban J connectivity index is 1.45. The fourth-order valence-corrected chi connectivity index (χ4v) is 4.50. The van der Waals surface area contributed by atoms with Gasteiger partial charge in [-0.2, -0.15) is 10.1 Å². The lowest BCUT2D eigenvalue weighted by molar-refractivity contribution is -0.117. The summed E-state index contributed by atoms with van der Waals surface area (Å²) in [5.74, 6) is 1.05. The molecule has 0 saturated carbocycles. The summed E-state index contributed by atoms with van der Waals surface area (Å²) in [6, 6.07) is 4.31. The number of aromatic amines is 1. The molecule has 0 aromatic carbocycles. The first kappa shape index (κ1) is 23.0. The van der Waals surface area contributed by atoms with Gasteiger partial charge in [0.05, 0.1) is 29.8 Å². The molecule has 3 atom stereocenters. The Bertz CT molecular complexity index is 1230. The maximum atomic E-state index is 13.1. The van der Waals surface area contributed by atoms with Crippen molar-refractivity contribution in [3.05, 3.63) is 41.3 Å². The lowest BCUT2D eigenvalue weighted by Gasteiger charge is -2.25. The Morgan fingerprint density at radius 1 is 1.23 bits per heavy atom. The minimum atomic E-state index is -0.939. The number of amides is 1. The highest BCUT2D eigenvalue weighted by molar-refractivity contribution is 5.97. The van der Waals surface area contributed by atoms with Gasteiger partial charge in [-0.25, -0.2) is 9.97 Å². The molecule has 5 rings (SSSR count). The lowest BCUT2D eigenvalue weighted by Crippen LogP contribution is -2.40. The molecule has 6 N–H and O–H groups in total. The molecule has 3 aromatic heterocycles. The number of aromatic nitrogens is 5.